The minimum atomic E-state index is 1.04. The number of pyridine rings is 1. The smallest absolute Gasteiger partial charge is 0.0783 e. The van der Waals surface area contributed by atoms with E-state index >= 15 is 0 Å². The van der Waals surface area contributed by atoms with Crippen LogP contribution >= 0.6 is 23.9 Å². The van der Waals surface area contributed by atoms with Crippen molar-refractivity contribution in [1.82, 2.24) is 4.98 Å². The van der Waals surface area contributed by atoms with Gasteiger partial charge in [0.2, 0.25) is 0 Å². The molecule has 0 atom stereocenters. The van der Waals surface area contributed by atoms with Gasteiger partial charge < -0.3 is 9.03 Å². The molecule has 1 aliphatic heterocycles. The van der Waals surface area contributed by atoms with E-state index in [-0.39, 0.29) is 0 Å². The molecule has 0 bridgehead atoms. The van der Waals surface area contributed by atoms with Crippen LogP contribution in [-0.4, -0.2) is 17.3 Å². The molecule has 1 aromatic heterocycles. The minimum absolute atomic E-state index is 1.04. The van der Waals surface area contributed by atoms with Crippen LogP contribution in [0.2, 0.25) is 0 Å². The molecule has 0 spiro atoms. The molecule has 0 radical (unpaired) electrons. The van der Waals surface area contributed by atoms with Crippen LogP contribution in [0.5, 0.6) is 0 Å². The molecule has 1 aliphatic rings. The Kier molecular flexibility index (Phi) is 6.56. The van der Waals surface area contributed by atoms with Gasteiger partial charge in [-0.05, 0) is 97.1 Å². The molecule has 1 saturated heterocycles. The number of hydrogen-bond acceptors (Lipinski definition) is 5. The molecule has 5 heteroatoms. The highest BCUT2D eigenvalue weighted by molar-refractivity contribution is 8.00. The van der Waals surface area contributed by atoms with Crippen molar-refractivity contribution < 1.29 is 0 Å². The summed E-state index contributed by atoms with van der Waals surface area (Å²) in [6.07, 6.45) is 5.85. The Morgan fingerprint density at radius 3 is 2.72 bits per heavy atom. The number of nitrogens with one attached hydrogen (secondary N) is 1. The van der Waals surface area contributed by atoms with Crippen LogP contribution in [0, 0.1) is 6.92 Å². The summed E-state index contributed by atoms with van der Waals surface area (Å²) in [5, 5.41) is 2.40. The predicted molar refractivity (Wildman–Crippen MR) is 141 cm³/mol. The maximum Gasteiger partial charge on any atom is 0.0783 e. The topological polar surface area (TPSA) is 28.2 Å². The number of nitrogens with zero attached hydrogens (tertiary/aromatic N) is 2. The van der Waals surface area contributed by atoms with Gasteiger partial charge in [-0.1, -0.05) is 36.8 Å². The molecular formula is C27H27N3S2. The summed E-state index contributed by atoms with van der Waals surface area (Å²) in [6.45, 7) is 3.29. The fourth-order valence-electron chi connectivity index (χ4n) is 4.05. The number of aryl methyl sites for hydroxylation is 1. The van der Waals surface area contributed by atoms with Crippen LogP contribution in [0.15, 0.2) is 83.9 Å². The van der Waals surface area contributed by atoms with Crippen molar-refractivity contribution in [3.63, 3.8) is 0 Å². The monoisotopic (exact) mass is 457 g/mol. The van der Waals surface area contributed by atoms with E-state index in [2.05, 4.69) is 88.7 Å². The summed E-state index contributed by atoms with van der Waals surface area (Å²) in [7, 11) is 0. The zero-order chi connectivity index (χ0) is 21.8. The van der Waals surface area contributed by atoms with Gasteiger partial charge in [-0.3, -0.25) is 4.98 Å². The summed E-state index contributed by atoms with van der Waals surface area (Å²) in [4.78, 5) is 5.92. The Balaban J connectivity index is 1.32. The van der Waals surface area contributed by atoms with E-state index in [9.17, 15) is 0 Å². The maximum absolute atomic E-state index is 4.72. The highest BCUT2D eigenvalue weighted by atomic mass is 32.2. The second kappa shape index (κ2) is 9.88. The third-order valence-corrected chi connectivity index (χ3v) is 7.85. The number of hydrogen-bond donors (Lipinski definition) is 1. The Morgan fingerprint density at radius 2 is 1.81 bits per heavy atom. The molecular weight excluding hydrogens is 430 g/mol. The Hall–Kier alpha value is -2.63. The molecule has 1 fully saturated rings. The van der Waals surface area contributed by atoms with Crippen LogP contribution < -0.4 is 9.03 Å². The Labute approximate surface area is 198 Å². The molecule has 3 nitrogen and oxygen atoms in total. The number of fused-ring (bicyclic) bond motifs is 1. The van der Waals surface area contributed by atoms with Crippen molar-refractivity contribution in [3.05, 3.63) is 84.6 Å². The van der Waals surface area contributed by atoms with E-state index in [0.29, 0.717) is 0 Å². The SMILES string of the molecule is Cc1ccc(NSc2ccc(N3CCCCCS3)cc2)cc1-c1nccc2ccccc12. The number of benzene rings is 3. The molecule has 1 N–H and O–H groups in total. The van der Waals surface area contributed by atoms with Crippen molar-refractivity contribution in [2.45, 2.75) is 31.1 Å². The average molecular weight is 458 g/mol. The van der Waals surface area contributed by atoms with E-state index < -0.39 is 0 Å². The van der Waals surface area contributed by atoms with E-state index in [0.717, 1.165) is 17.9 Å². The first-order chi connectivity index (χ1) is 15.8. The first kappa shape index (κ1) is 21.2. The fraction of sp³-hybridized carbons (Fsp3) is 0.222. The zero-order valence-electron chi connectivity index (χ0n) is 18.3. The lowest BCUT2D eigenvalue weighted by molar-refractivity contribution is 0.751. The molecule has 0 aliphatic carbocycles. The van der Waals surface area contributed by atoms with Crippen molar-refractivity contribution >= 4 is 46.0 Å². The second-order valence-electron chi connectivity index (χ2n) is 8.10. The van der Waals surface area contributed by atoms with Gasteiger partial charge in [0.1, 0.15) is 0 Å². The summed E-state index contributed by atoms with van der Waals surface area (Å²) < 4.78 is 5.97. The van der Waals surface area contributed by atoms with Crippen molar-refractivity contribution in [2.75, 3.05) is 21.3 Å². The number of aromatic nitrogens is 1. The van der Waals surface area contributed by atoms with Crippen LogP contribution in [-0.2, 0) is 0 Å². The molecule has 5 rings (SSSR count). The minimum Gasteiger partial charge on any atom is -0.326 e. The van der Waals surface area contributed by atoms with Gasteiger partial charge in [-0.25, -0.2) is 0 Å². The molecule has 0 amide bonds. The summed E-state index contributed by atoms with van der Waals surface area (Å²) in [6, 6.07) is 25.9. The van der Waals surface area contributed by atoms with Crippen LogP contribution in [0.4, 0.5) is 11.4 Å². The third kappa shape index (κ3) is 4.74. The number of rotatable bonds is 5. The molecule has 3 aromatic carbocycles. The zero-order valence-corrected chi connectivity index (χ0v) is 19.9. The molecule has 162 valence electrons. The lowest BCUT2D eigenvalue weighted by Crippen LogP contribution is -2.14. The lowest BCUT2D eigenvalue weighted by Gasteiger charge is -2.21. The third-order valence-electron chi connectivity index (χ3n) is 5.83. The second-order valence-corrected chi connectivity index (χ2v) is 10.1. The molecule has 0 saturated carbocycles. The summed E-state index contributed by atoms with van der Waals surface area (Å²) in [5.74, 6) is 1.22. The highest BCUT2D eigenvalue weighted by Crippen LogP contribution is 2.33. The summed E-state index contributed by atoms with van der Waals surface area (Å²) >= 11 is 3.61. The molecule has 0 unspecified atom stereocenters. The van der Waals surface area contributed by atoms with Crippen LogP contribution in [0.3, 0.4) is 0 Å². The Bertz CT molecular complexity index is 1190. The molecule has 32 heavy (non-hydrogen) atoms. The standard InChI is InChI=1S/C27H27N3S2/c1-20-9-10-22(19-26(20)27-25-8-4-3-7-21(25)15-16-28-27)29-32-24-13-11-23(12-14-24)30-17-5-2-6-18-31-30/h3-4,7-16,19,29H,2,5-6,17-18H2,1H3. The van der Waals surface area contributed by atoms with Crippen molar-refractivity contribution in [1.29, 1.82) is 0 Å². The first-order valence-corrected chi connectivity index (χ1v) is 12.9. The van der Waals surface area contributed by atoms with Gasteiger partial charge in [0.25, 0.3) is 0 Å². The van der Waals surface area contributed by atoms with Crippen molar-refractivity contribution in [3.8, 4) is 11.3 Å². The van der Waals surface area contributed by atoms with Gasteiger partial charge in [-0.15, -0.1) is 0 Å². The quantitative estimate of drug-likeness (QED) is 0.307. The van der Waals surface area contributed by atoms with Gasteiger partial charge >= 0.3 is 0 Å². The predicted octanol–water partition coefficient (Wildman–Crippen LogP) is 7.97. The van der Waals surface area contributed by atoms with E-state index in [1.807, 2.05) is 18.1 Å². The lowest BCUT2D eigenvalue weighted by atomic mass is 10.00. The highest BCUT2D eigenvalue weighted by Gasteiger charge is 2.11. The van der Waals surface area contributed by atoms with Crippen molar-refractivity contribution in [2.24, 2.45) is 0 Å². The normalized spacial score (nSPS) is 14.3. The Morgan fingerprint density at radius 1 is 0.938 bits per heavy atom. The van der Waals surface area contributed by atoms with E-state index in [1.54, 1.807) is 11.9 Å². The average Bonchev–Trinajstić information content (AvgIpc) is 3.13. The molecule has 2 heterocycles. The van der Waals surface area contributed by atoms with Gasteiger partial charge in [0, 0.05) is 45.7 Å². The van der Waals surface area contributed by atoms with Crippen LogP contribution in [0.1, 0.15) is 24.8 Å². The summed E-state index contributed by atoms with van der Waals surface area (Å²) in [5.41, 5.74) is 5.82. The van der Waals surface area contributed by atoms with Crippen LogP contribution in [0.25, 0.3) is 22.0 Å². The van der Waals surface area contributed by atoms with E-state index in [4.69, 9.17) is 4.98 Å². The molecule has 4 aromatic rings. The fourth-order valence-corrected chi connectivity index (χ4v) is 5.77. The van der Waals surface area contributed by atoms with Gasteiger partial charge in [0.05, 0.1) is 5.69 Å². The van der Waals surface area contributed by atoms with Gasteiger partial charge in [-0.2, -0.15) is 0 Å². The first-order valence-electron chi connectivity index (χ1n) is 11.2. The maximum atomic E-state index is 4.72. The van der Waals surface area contributed by atoms with Gasteiger partial charge in [0.15, 0.2) is 0 Å². The largest absolute Gasteiger partial charge is 0.326 e. The van der Waals surface area contributed by atoms with E-state index in [1.165, 1.54) is 57.5 Å². The number of anilines is 2.